The number of amides is 1. The molecule has 0 spiro atoms. The molecule has 7 heteroatoms. The van der Waals surface area contributed by atoms with E-state index in [0.29, 0.717) is 12.2 Å². The summed E-state index contributed by atoms with van der Waals surface area (Å²) >= 11 is 12.2. The molecule has 0 radical (unpaired) electrons. The van der Waals surface area contributed by atoms with Crippen LogP contribution in [0.25, 0.3) is 0 Å². The van der Waals surface area contributed by atoms with Gasteiger partial charge in [0.25, 0.3) is 5.91 Å². The molecule has 1 aromatic carbocycles. The first kappa shape index (κ1) is 19.3. The Labute approximate surface area is 167 Å². The minimum absolute atomic E-state index is 0.0356. The van der Waals surface area contributed by atoms with Gasteiger partial charge in [0.05, 0.1) is 16.2 Å². The number of benzene rings is 1. The van der Waals surface area contributed by atoms with Gasteiger partial charge in [0.1, 0.15) is 12.0 Å². The minimum atomic E-state index is -0.548. The third kappa shape index (κ3) is 4.81. The first-order valence-corrected chi connectivity index (χ1v) is 9.08. The Morgan fingerprint density at radius 3 is 2.63 bits per heavy atom. The second kappa shape index (κ2) is 8.46. The fourth-order valence-electron chi connectivity index (χ4n) is 2.72. The van der Waals surface area contributed by atoms with Crippen LogP contribution in [-0.4, -0.2) is 16.8 Å². The highest BCUT2D eigenvalue weighted by Gasteiger charge is 2.20. The smallest absolute Gasteiger partial charge is 0.308 e. The molecule has 0 unspecified atom stereocenters. The lowest BCUT2D eigenvalue weighted by Crippen LogP contribution is -2.23. The predicted octanol–water partition coefficient (Wildman–Crippen LogP) is 5.37. The molecule has 1 amide bonds. The number of halogens is 2. The van der Waals surface area contributed by atoms with Crippen LogP contribution in [0.4, 0.5) is 0 Å². The van der Waals surface area contributed by atoms with Crippen molar-refractivity contribution in [2.45, 2.75) is 26.2 Å². The van der Waals surface area contributed by atoms with Gasteiger partial charge in [-0.25, -0.2) is 0 Å². The molecule has 27 heavy (non-hydrogen) atoms. The van der Waals surface area contributed by atoms with Gasteiger partial charge in [0.2, 0.25) is 0 Å². The summed E-state index contributed by atoms with van der Waals surface area (Å²) in [7, 11) is 0. The maximum atomic E-state index is 12.8. The SMILES string of the molecule is CC(=O)Oc1c(Cl)cc(C(=O)N2C=COC(CC3=CC=CCC3)=C2)cc1Cl. The van der Waals surface area contributed by atoms with Gasteiger partial charge in [-0.15, -0.1) is 0 Å². The summed E-state index contributed by atoms with van der Waals surface area (Å²) in [5, 5.41) is 0.170. The van der Waals surface area contributed by atoms with Crippen molar-refractivity contribution < 1.29 is 19.1 Å². The molecule has 1 aromatic rings. The summed E-state index contributed by atoms with van der Waals surface area (Å²) in [4.78, 5) is 25.3. The Hall–Kier alpha value is -2.50. The van der Waals surface area contributed by atoms with Gasteiger partial charge in [-0.2, -0.15) is 0 Å². The monoisotopic (exact) mass is 405 g/mol. The van der Waals surface area contributed by atoms with E-state index in [1.807, 2.05) is 6.08 Å². The Bertz CT molecular complexity index is 876. The van der Waals surface area contributed by atoms with Crippen molar-refractivity contribution in [3.8, 4) is 5.75 Å². The number of hydrogen-bond acceptors (Lipinski definition) is 4. The highest BCUT2D eigenvalue weighted by atomic mass is 35.5. The van der Waals surface area contributed by atoms with E-state index in [0.717, 1.165) is 12.8 Å². The highest BCUT2D eigenvalue weighted by Crippen LogP contribution is 2.35. The molecule has 0 aromatic heterocycles. The zero-order valence-corrected chi connectivity index (χ0v) is 16.1. The zero-order chi connectivity index (χ0) is 19.4. The minimum Gasteiger partial charge on any atom is -0.466 e. The van der Waals surface area contributed by atoms with Crippen LogP contribution >= 0.6 is 23.2 Å². The molecular formula is C20H17Cl2NO4. The van der Waals surface area contributed by atoms with Gasteiger partial charge in [0, 0.05) is 25.1 Å². The van der Waals surface area contributed by atoms with Crippen LogP contribution in [0.2, 0.25) is 10.0 Å². The molecule has 0 atom stereocenters. The molecule has 3 rings (SSSR count). The van der Waals surface area contributed by atoms with E-state index in [-0.39, 0.29) is 27.3 Å². The maximum Gasteiger partial charge on any atom is 0.308 e. The Morgan fingerprint density at radius 2 is 2.00 bits per heavy atom. The normalized spacial score (nSPS) is 15.7. The molecule has 2 aliphatic rings. The van der Waals surface area contributed by atoms with E-state index in [2.05, 4.69) is 12.2 Å². The lowest BCUT2D eigenvalue weighted by molar-refractivity contribution is -0.131. The van der Waals surface area contributed by atoms with Crippen molar-refractivity contribution in [2.24, 2.45) is 0 Å². The molecular weight excluding hydrogens is 389 g/mol. The van der Waals surface area contributed by atoms with Gasteiger partial charge in [-0.1, -0.05) is 47.0 Å². The summed E-state index contributed by atoms with van der Waals surface area (Å²) < 4.78 is 10.5. The van der Waals surface area contributed by atoms with E-state index in [1.165, 1.54) is 42.0 Å². The van der Waals surface area contributed by atoms with Crippen molar-refractivity contribution in [1.29, 1.82) is 0 Å². The van der Waals surface area contributed by atoms with E-state index >= 15 is 0 Å². The summed E-state index contributed by atoms with van der Waals surface area (Å²) in [6.45, 7) is 1.24. The van der Waals surface area contributed by atoms with E-state index in [4.69, 9.17) is 32.7 Å². The van der Waals surface area contributed by atoms with E-state index in [1.54, 1.807) is 6.20 Å². The number of allylic oxidation sites excluding steroid dienone is 4. The zero-order valence-electron chi connectivity index (χ0n) is 14.6. The van der Waals surface area contributed by atoms with Crippen molar-refractivity contribution in [1.82, 2.24) is 4.90 Å². The number of carbonyl (C=O) groups is 2. The standard InChI is InChI=1S/C20H17Cl2NO4/c1-13(24)27-19-17(21)10-15(11-18(19)22)20(25)23-7-8-26-16(12-23)9-14-5-3-2-4-6-14/h2-3,5,7-8,10-12H,4,6,9H2,1H3. The fraction of sp³-hybridized carbons (Fsp3) is 0.200. The van der Waals surface area contributed by atoms with Crippen molar-refractivity contribution in [3.05, 3.63) is 76.0 Å². The number of ether oxygens (including phenoxy) is 2. The third-order valence-electron chi connectivity index (χ3n) is 3.95. The molecule has 0 saturated carbocycles. The number of esters is 1. The molecule has 1 aliphatic heterocycles. The molecule has 0 fully saturated rings. The molecule has 0 saturated heterocycles. The summed E-state index contributed by atoms with van der Waals surface area (Å²) in [5.74, 6) is -0.175. The summed E-state index contributed by atoms with van der Waals surface area (Å²) in [6.07, 6.45) is 13.4. The van der Waals surface area contributed by atoms with Crippen molar-refractivity contribution in [2.75, 3.05) is 0 Å². The van der Waals surface area contributed by atoms with Gasteiger partial charge in [-0.3, -0.25) is 14.5 Å². The maximum absolute atomic E-state index is 12.8. The Kier molecular flexibility index (Phi) is 6.04. The van der Waals surface area contributed by atoms with Crippen LogP contribution in [0.3, 0.4) is 0 Å². The van der Waals surface area contributed by atoms with Crippen LogP contribution in [-0.2, 0) is 9.53 Å². The number of nitrogens with zero attached hydrogens (tertiary/aromatic N) is 1. The summed E-state index contributed by atoms with van der Waals surface area (Å²) in [6, 6.07) is 2.83. The average molecular weight is 406 g/mol. The third-order valence-corrected chi connectivity index (χ3v) is 4.51. The topological polar surface area (TPSA) is 55.8 Å². The molecule has 0 bridgehead atoms. The fourth-order valence-corrected chi connectivity index (χ4v) is 3.29. The lowest BCUT2D eigenvalue weighted by Gasteiger charge is -2.21. The van der Waals surface area contributed by atoms with Crippen LogP contribution in [0.5, 0.6) is 5.75 Å². The Balaban J connectivity index is 1.79. The van der Waals surface area contributed by atoms with Crippen molar-refractivity contribution in [3.63, 3.8) is 0 Å². The summed E-state index contributed by atoms with van der Waals surface area (Å²) in [5.41, 5.74) is 1.51. The number of rotatable bonds is 4. The highest BCUT2D eigenvalue weighted by molar-refractivity contribution is 6.38. The molecule has 1 heterocycles. The first-order chi connectivity index (χ1) is 12.9. The predicted molar refractivity (Wildman–Crippen MR) is 103 cm³/mol. The molecule has 1 aliphatic carbocycles. The van der Waals surface area contributed by atoms with E-state index < -0.39 is 5.97 Å². The van der Waals surface area contributed by atoms with Crippen molar-refractivity contribution >= 4 is 35.1 Å². The van der Waals surface area contributed by atoms with Crippen LogP contribution in [0.15, 0.2) is 60.4 Å². The van der Waals surface area contributed by atoms with Crippen LogP contribution in [0, 0.1) is 0 Å². The molecule has 0 N–H and O–H groups in total. The second-order valence-electron chi connectivity index (χ2n) is 6.04. The van der Waals surface area contributed by atoms with Crippen LogP contribution in [0.1, 0.15) is 36.5 Å². The van der Waals surface area contributed by atoms with Crippen LogP contribution < -0.4 is 4.74 Å². The number of hydrogen-bond donors (Lipinski definition) is 0. The lowest BCUT2D eigenvalue weighted by atomic mass is 10.0. The number of carbonyl (C=O) groups excluding carboxylic acids is 2. The average Bonchev–Trinajstić information content (AvgIpc) is 2.65. The van der Waals surface area contributed by atoms with Gasteiger partial charge < -0.3 is 9.47 Å². The quantitative estimate of drug-likeness (QED) is 0.498. The molecule has 140 valence electrons. The van der Waals surface area contributed by atoms with Gasteiger partial charge in [0.15, 0.2) is 5.75 Å². The van der Waals surface area contributed by atoms with E-state index in [9.17, 15) is 9.59 Å². The van der Waals surface area contributed by atoms with Gasteiger partial charge >= 0.3 is 5.97 Å². The van der Waals surface area contributed by atoms with Gasteiger partial charge in [-0.05, 0) is 25.0 Å². The molecule has 5 nitrogen and oxygen atoms in total. The second-order valence-corrected chi connectivity index (χ2v) is 6.86. The first-order valence-electron chi connectivity index (χ1n) is 8.33. The largest absolute Gasteiger partial charge is 0.466 e. The Morgan fingerprint density at radius 1 is 1.26 bits per heavy atom.